The van der Waals surface area contributed by atoms with Crippen LogP contribution < -0.4 is 10.6 Å². The fraction of sp³-hybridized carbons (Fsp3) is 0.857. The maximum absolute atomic E-state index is 11.3. The van der Waals surface area contributed by atoms with E-state index < -0.39 is 0 Å². The molecule has 2 rings (SSSR count). The molecular weight excluding hydrogens is 178 g/mol. The Morgan fingerprint density at radius 3 is 3.17 bits per heavy atom. The lowest BCUT2D eigenvalue weighted by Crippen LogP contribution is -2.54. The van der Waals surface area contributed by atoms with Gasteiger partial charge in [-0.2, -0.15) is 0 Å². The van der Waals surface area contributed by atoms with E-state index >= 15 is 0 Å². The van der Waals surface area contributed by atoms with E-state index in [4.69, 9.17) is 11.6 Å². The Kier molecular flexibility index (Phi) is 1.88. The van der Waals surface area contributed by atoms with Gasteiger partial charge < -0.3 is 10.2 Å². The first kappa shape index (κ1) is 8.13. The number of hydrogen-bond acceptors (Lipinski definition) is 2. The zero-order valence-corrected chi connectivity index (χ0v) is 7.64. The number of nitrogens with zero attached hydrogens (tertiary/aromatic N) is 1. The van der Waals surface area contributed by atoms with Crippen LogP contribution in [0.4, 0.5) is 4.79 Å². The molecular formula is C7H12ClN3O. The Morgan fingerprint density at radius 2 is 2.42 bits per heavy atom. The lowest BCUT2D eigenvalue weighted by atomic mass is 10.3. The molecule has 3 atom stereocenters. The highest BCUT2D eigenvalue weighted by atomic mass is 35.5. The molecule has 5 heteroatoms. The van der Waals surface area contributed by atoms with Crippen LogP contribution in [-0.2, 0) is 0 Å². The van der Waals surface area contributed by atoms with Crippen molar-refractivity contribution in [1.82, 2.24) is 15.5 Å². The van der Waals surface area contributed by atoms with Gasteiger partial charge in [-0.05, 0) is 6.92 Å². The molecule has 12 heavy (non-hydrogen) atoms. The quantitative estimate of drug-likeness (QED) is 0.425. The average Bonchev–Trinajstić information content (AvgIpc) is 2.29. The summed E-state index contributed by atoms with van der Waals surface area (Å²) in [5.74, 6) is 0. The normalized spacial score (nSPS) is 41.0. The number of carbonyl (C=O) groups excluding carboxylic acids is 1. The third-order valence-electron chi connectivity index (χ3n) is 2.29. The second kappa shape index (κ2) is 2.78. The standard InChI is InChI=1S/C7H12ClN3O/c1-4-3-11-6(9-4)2-5(8)10-7(11)12/h4-6,9H,2-3H2,1H3,(H,10,12). The summed E-state index contributed by atoms with van der Waals surface area (Å²) in [5.41, 5.74) is -0.225. The van der Waals surface area contributed by atoms with E-state index in [0.717, 1.165) is 13.0 Å². The predicted molar refractivity (Wildman–Crippen MR) is 45.9 cm³/mol. The van der Waals surface area contributed by atoms with E-state index in [2.05, 4.69) is 17.6 Å². The minimum atomic E-state index is -0.225. The van der Waals surface area contributed by atoms with Gasteiger partial charge in [0.05, 0.1) is 6.17 Å². The summed E-state index contributed by atoms with van der Waals surface area (Å²) in [5, 5.41) is 5.98. The van der Waals surface area contributed by atoms with Crippen molar-refractivity contribution in [3.8, 4) is 0 Å². The molecule has 4 nitrogen and oxygen atoms in total. The van der Waals surface area contributed by atoms with Crippen molar-refractivity contribution in [3.05, 3.63) is 0 Å². The van der Waals surface area contributed by atoms with Crippen molar-refractivity contribution in [2.24, 2.45) is 0 Å². The van der Waals surface area contributed by atoms with Gasteiger partial charge in [-0.1, -0.05) is 11.6 Å². The summed E-state index contributed by atoms with van der Waals surface area (Å²) in [6, 6.07) is 0.325. The summed E-state index contributed by atoms with van der Waals surface area (Å²) in [4.78, 5) is 13.1. The number of nitrogens with one attached hydrogen (secondary N) is 2. The minimum absolute atomic E-state index is 0.0527. The van der Waals surface area contributed by atoms with Crippen molar-refractivity contribution in [2.75, 3.05) is 6.54 Å². The van der Waals surface area contributed by atoms with E-state index in [1.54, 1.807) is 4.90 Å². The van der Waals surface area contributed by atoms with Crippen LogP contribution in [0.1, 0.15) is 13.3 Å². The molecule has 3 unspecified atom stereocenters. The Hall–Kier alpha value is -0.480. The fourth-order valence-electron chi connectivity index (χ4n) is 1.78. The maximum Gasteiger partial charge on any atom is 0.319 e. The Balaban J connectivity index is 2.10. The van der Waals surface area contributed by atoms with Crippen LogP contribution in [0.2, 0.25) is 0 Å². The molecule has 68 valence electrons. The highest BCUT2D eigenvalue weighted by Crippen LogP contribution is 2.19. The number of amides is 2. The van der Waals surface area contributed by atoms with Crippen LogP contribution >= 0.6 is 11.6 Å². The fourth-order valence-corrected chi connectivity index (χ4v) is 2.05. The van der Waals surface area contributed by atoms with Gasteiger partial charge in [-0.15, -0.1) is 0 Å². The first-order chi connectivity index (χ1) is 5.66. The van der Waals surface area contributed by atoms with E-state index in [1.165, 1.54) is 0 Å². The molecule has 2 N–H and O–H groups in total. The number of fused-ring (bicyclic) bond motifs is 1. The third-order valence-corrected chi connectivity index (χ3v) is 2.58. The van der Waals surface area contributed by atoms with Crippen LogP contribution in [0.3, 0.4) is 0 Å². The molecule has 0 bridgehead atoms. The van der Waals surface area contributed by atoms with Crippen LogP contribution in [0.25, 0.3) is 0 Å². The van der Waals surface area contributed by atoms with Crippen LogP contribution in [-0.4, -0.2) is 35.2 Å². The third kappa shape index (κ3) is 1.25. The maximum atomic E-state index is 11.3. The van der Waals surface area contributed by atoms with Gasteiger partial charge in [0.15, 0.2) is 0 Å². The summed E-state index contributed by atoms with van der Waals surface area (Å²) in [6.07, 6.45) is 0.911. The number of hydrogen-bond donors (Lipinski definition) is 2. The number of urea groups is 1. The van der Waals surface area contributed by atoms with Crippen molar-refractivity contribution in [1.29, 1.82) is 0 Å². The van der Waals surface area contributed by atoms with Crippen molar-refractivity contribution in [2.45, 2.75) is 31.1 Å². The van der Waals surface area contributed by atoms with Crippen LogP contribution in [0.5, 0.6) is 0 Å². The van der Waals surface area contributed by atoms with Gasteiger partial charge >= 0.3 is 6.03 Å². The minimum Gasteiger partial charge on any atom is -0.322 e. The summed E-state index contributed by atoms with van der Waals surface area (Å²) in [7, 11) is 0. The molecule has 2 fully saturated rings. The van der Waals surface area contributed by atoms with E-state index in [0.29, 0.717) is 6.04 Å². The SMILES string of the molecule is CC1CN2C(=O)NC(Cl)CC2N1. The molecule has 2 aliphatic heterocycles. The summed E-state index contributed by atoms with van der Waals surface area (Å²) < 4.78 is 0. The van der Waals surface area contributed by atoms with Gasteiger partial charge in [0.1, 0.15) is 5.50 Å². The van der Waals surface area contributed by atoms with Gasteiger partial charge in [-0.3, -0.25) is 5.32 Å². The molecule has 0 radical (unpaired) electrons. The van der Waals surface area contributed by atoms with Crippen molar-refractivity contribution >= 4 is 17.6 Å². The number of halogens is 1. The molecule has 0 aliphatic carbocycles. The van der Waals surface area contributed by atoms with E-state index in [9.17, 15) is 4.79 Å². The zero-order chi connectivity index (χ0) is 8.72. The van der Waals surface area contributed by atoms with Crippen molar-refractivity contribution in [3.63, 3.8) is 0 Å². The predicted octanol–water partition coefficient (Wildman–Crippen LogP) is 0.284. The second-order valence-electron chi connectivity index (χ2n) is 3.39. The molecule has 0 saturated carbocycles. The van der Waals surface area contributed by atoms with Gasteiger partial charge in [0.2, 0.25) is 0 Å². The monoisotopic (exact) mass is 189 g/mol. The first-order valence-corrected chi connectivity index (χ1v) is 4.57. The van der Waals surface area contributed by atoms with Gasteiger partial charge in [-0.25, -0.2) is 4.79 Å². The lowest BCUT2D eigenvalue weighted by molar-refractivity contribution is 0.167. The van der Waals surface area contributed by atoms with Crippen LogP contribution in [0, 0.1) is 0 Å². The molecule has 0 spiro atoms. The number of alkyl halides is 1. The average molecular weight is 190 g/mol. The van der Waals surface area contributed by atoms with Crippen LogP contribution in [0.15, 0.2) is 0 Å². The molecule has 2 saturated heterocycles. The van der Waals surface area contributed by atoms with E-state index in [1.807, 2.05) is 0 Å². The van der Waals surface area contributed by atoms with Crippen molar-refractivity contribution < 1.29 is 4.79 Å². The highest BCUT2D eigenvalue weighted by Gasteiger charge is 2.38. The Morgan fingerprint density at radius 1 is 1.67 bits per heavy atom. The van der Waals surface area contributed by atoms with Gasteiger partial charge in [0.25, 0.3) is 0 Å². The second-order valence-corrected chi connectivity index (χ2v) is 3.92. The summed E-state index contributed by atoms with van der Waals surface area (Å²) in [6.45, 7) is 2.84. The summed E-state index contributed by atoms with van der Waals surface area (Å²) >= 11 is 5.83. The lowest BCUT2D eigenvalue weighted by Gasteiger charge is -2.32. The topological polar surface area (TPSA) is 44.4 Å². The molecule has 0 aromatic heterocycles. The highest BCUT2D eigenvalue weighted by molar-refractivity contribution is 6.21. The van der Waals surface area contributed by atoms with Gasteiger partial charge in [0, 0.05) is 19.0 Å². The Bertz CT molecular complexity index is 211. The molecule has 0 aromatic carbocycles. The molecule has 2 heterocycles. The molecule has 0 aromatic rings. The largest absolute Gasteiger partial charge is 0.322 e. The molecule has 2 aliphatic rings. The zero-order valence-electron chi connectivity index (χ0n) is 6.88. The first-order valence-electron chi connectivity index (χ1n) is 4.14. The number of carbonyl (C=O) groups is 1. The number of rotatable bonds is 0. The molecule has 2 amide bonds. The Labute approximate surface area is 76.2 Å². The smallest absolute Gasteiger partial charge is 0.319 e. The van der Waals surface area contributed by atoms with E-state index in [-0.39, 0.29) is 17.7 Å².